The van der Waals surface area contributed by atoms with Crippen LogP contribution in [0.5, 0.6) is 5.75 Å². The number of hydrogen-bond acceptors (Lipinski definition) is 4. The second-order valence-corrected chi connectivity index (χ2v) is 4.29. The zero-order valence-corrected chi connectivity index (χ0v) is 11.3. The predicted molar refractivity (Wildman–Crippen MR) is 70.7 cm³/mol. The normalized spacial score (nSPS) is 11.2. The molecule has 21 heavy (non-hydrogen) atoms. The molecule has 0 saturated heterocycles. The van der Waals surface area contributed by atoms with Gasteiger partial charge in [0.2, 0.25) is 5.91 Å². The van der Waals surface area contributed by atoms with Crippen LogP contribution in [-0.4, -0.2) is 48.4 Å². The van der Waals surface area contributed by atoms with Crippen molar-refractivity contribution in [3.8, 4) is 5.75 Å². The van der Waals surface area contributed by atoms with Crippen molar-refractivity contribution >= 4 is 11.6 Å². The third-order valence-electron chi connectivity index (χ3n) is 2.59. The second-order valence-electron chi connectivity index (χ2n) is 4.29. The lowest BCUT2D eigenvalue weighted by molar-refractivity contribution is -0.162. The Balaban J connectivity index is 2.48. The van der Waals surface area contributed by atoms with Gasteiger partial charge in [-0.2, -0.15) is 13.2 Å². The lowest BCUT2D eigenvalue weighted by Gasteiger charge is -2.23. The van der Waals surface area contributed by atoms with E-state index in [0.717, 1.165) is 0 Å². The summed E-state index contributed by atoms with van der Waals surface area (Å²) in [6.45, 7) is -2.38. The first-order valence-corrected chi connectivity index (χ1v) is 6.26. The van der Waals surface area contributed by atoms with Crippen LogP contribution in [0.25, 0.3) is 0 Å². The van der Waals surface area contributed by atoms with Crippen LogP contribution in [0.2, 0.25) is 0 Å². The molecule has 0 heterocycles. The molecule has 1 aromatic rings. The summed E-state index contributed by atoms with van der Waals surface area (Å²) in [5, 5.41) is 8.71. The maximum Gasteiger partial charge on any atom is 0.406 e. The van der Waals surface area contributed by atoms with Crippen LogP contribution >= 0.6 is 0 Å². The Morgan fingerprint density at radius 3 is 2.57 bits per heavy atom. The third kappa shape index (κ3) is 6.35. The molecule has 1 rings (SSSR count). The van der Waals surface area contributed by atoms with E-state index in [1.54, 1.807) is 24.3 Å². The van der Waals surface area contributed by atoms with Crippen LogP contribution in [0.4, 0.5) is 18.9 Å². The number of para-hydroxylation sites is 2. The van der Waals surface area contributed by atoms with Gasteiger partial charge < -0.3 is 20.5 Å². The summed E-state index contributed by atoms with van der Waals surface area (Å²) in [5.41, 5.74) is 6.01. The Morgan fingerprint density at radius 1 is 1.33 bits per heavy atom. The fourth-order valence-corrected chi connectivity index (χ4v) is 1.65. The molecule has 0 fully saturated rings. The van der Waals surface area contributed by atoms with E-state index in [1.807, 2.05) is 0 Å². The van der Waals surface area contributed by atoms with Crippen LogP contribution in [0.1, 0.15) is 6.42 Å². The standard InChI is InChI=1S/C13H17F3N2O3/c14-13(15,16)9-18(6-7-19)12(20)5-8-21-11-4-2-1-3-10(11)17/h1-4,19H,5-9,17H2. The highest BCUT2D eigenvalue weighted by Gasteiger charge is 2.32. The van der Waals surface area contributed by atoms with Crippen molar-refractivity contribution in [2.24, 2.45) is 0 Å². The molecule has 0 atom stereocenters. The zero-order valence-electron chi connectivity index (χ0n) is 11.3. The minimum Gasteiger partial charge on any atom is -0.491 e. The summed E-state index contributed by atoms with van der Waals surface area (Å²) in [4.78, 5) is 12.2. The number of benzene rings is 1. The number of ether oxygens (including phenoxy) is 1. The van der Waals surface area contributed by atoms with E-state index in [9.17, 15) is 18.0 Å². The first kappa shape index (κ1) is 17.1. The summed E-state index contributed by atoms with van der Waals surface area (Å²) in [7, 11) is 0. The summed E-state index contributed by atoms with van der Waals surface area (Å²) >= 11 is 0. The van der Waals surface area contributed by atoms with Crippen molar-refractivity contribution in [2.75, 3.05) is 32.0 Å². The van der Waals surface area contributed by atoms with Gasteiger partial charge in [-0.25, -0.2) is 0 Å². The van der Waals surface area contributed by atoms with Gasteiger partial charge in [-0.1, -0.05) is 12.1 Å². The molecule has 0 radical (unpaired) electrons. The number of amides is 1. The minimum atomic E-state index is -4.50. The number of carbonyl (C=O) groups is 1. The fourth-order valence-electron chi connectivity index (χ4n) is 1.65. The second kappa shape index (κ2) is 7.72. The van der Waals surface area contributed by atoms with Crippen LogP contribution in [0.15, 0.2) is 24.3 Å². The van der Waals surface area contributed by atoms with Crippen molar-refractivity contribution in [2.45, 2.75) is 12.6 Å². The molecule has 3 N–H and O–H groups in total. The highest BCUT2D eigenvalue weighted by atomic mass is 19.4. The van der Waals surface area contributed by atoms with E-state index in [1.165, 1.54) is 0 Å². The third-order valence-corrected chi connectivity index (χ3v) is 2.59. The lowest BCUT2D eigenvalue weighted by Crippen LogP contribution is -2.41. The molecule has 8 heteroatoms. The van der Waals surface area contributed by atoms with Crippen LogP contribution in [0.3, 0.4) is 0 Å². The number of rotatable bonds is 7. The predicted octanol–water partition coefficient (Wildman–Crippen LogP) is 1.42. The maximum atomic E-state index is 12.3. The molecule has 5 nitrogen and oxygen atoms in total. The lowest BCUT2D eigenvalue weighted by atomic mass is 10.3. The first-order valence-electron chi connectivity index (χ1n) is 6.26. The average molecular weight is 306 g/mol. The Bertz CT molecular complexity index is 466. The van der Waals surface area contributed by atoms with Gasteiger partial charge in [0.15, 0.2) is 0 Å². The smallest absolute Gasteiger partial charge is 0.406 e. The van der Waals surface area contributed by atoms with Crippen molar-refractivity contribution in [1.29, 1.82) is 0 Å². The molecule has 0 aliphatic heterocycles. The number of hydrogen-bond donors (Lipinski definition) is 2. The van der Waals surface area contributed by atoms with Crippen molar-refractivity contribution in [3.63, 3.8) is 0 Å². The number of aliphatic hydroxyl groups is 1. The summed E-state index contributed by atoms with van der Waals surface area (Å²) < 4.78 is 42.2. The average Bonchev–Trinajstić information content (AvgIpc) is 2.39. The van der Waals surface area contributed by atoms with Gasteiger partial charge in [0.25, 0.3) is 0 Å². The number of halogens is 3. The molecule has 0 bridgehead atoms. The number of alkyl halides is 3. The summed E-state index contributed by atoms with van der Waals surface area (Å²) in [6, 6.07) is 6.61. The topological polar surface area (TPSA) is 75.8 Å². The Kier molecular flexibility index (Phi) is 6.29. The van der Waals surface area contributed by atoms with Gasteiger partial charge in [0.1, 0.15) is 12.3 Å². The summed E-state index contributed by atoms with van der Waals surface area (Å²) in [5.74, 6) is -0.370. The van der Waals surface area contributed by atoms with E-state index in [0.29, 0.717) is 16.3 Å². The molecule has 0 spiro atoms. The number of nitrogen functional groups attached to an aromatic ring is 1. The molecule has 0 aliphatic rings. The monoisotopic (exact) mass is 306 g/mol. The van der Waals surface area contributed by atoms with Gasteiger partial charge in [-0.3, -0.25) is 4.79 Å². The molecule has 118 valence electrons. The number of nitrogens with zero attached hydrogens (tertiary/aromatic N) is 1. The Morgan fingerprint density at radius 2 is 2.00 bits per heavy atom. The van der Waals surface area contributed by atoms with Gasteiger partial charge in [-0.15, -0.1) is 0 Å². The molecular weight excluding hydrogens is 289 g/mol. The van der Waals surface area contributed by atoms with Gasteiger partial charge in [-0.05, 0) is 12.1 Å². The zero-order chi connectivity index (χ0) is 15.9. The van der Waals surface area contributed by atoms with E-state index < -0.39 is 25.2 Å². The quantitative estimate of drug-likeness (QED) is 0.747. The van der Waals surface area contributed by atoms with Crippen LogP contribution in [-0.2, 0) is 4.79 Å². The van der Waals surface area contributed by atoms with Crippen molar-refractivity contribution in [1.82, 2.24) is 4.90 Å². The van der Waals surface area contributed by atoms with E-state index in [-0.39, 0.29) is 19.6 Å². The molecule has 1 amide bonds. The molecule has 0 aliphatic carbocycles. The maximum absolute atomic E-state index is 12.3. The van der Waals surface area contributed by atoms with E-state index in [2.05, 4.69) is 0 Å². The minimum absolute atomic E-state index is 0.0904. The molecule has 0 saturated carbocycles. The Hall–Kier alpha value is -1.96. The fraction of sp³-hybridized carbons (Fsp3) is 0.462. The van der Waals surface area contributed by atoms with E-state index >= 15 is 0 Å². The Labute approximate surface area is 120 Å². The van der Waals surface area contributed by atoms with Crippen LogP contribution in [0, 0.1) is 0 Å². The summed E-state index contributed by atoms with van der Waals surface area (Å²) in [6.07, 6.45) is -4.74. The van der Waals surface area contributed by atoms with Gasteiger partial charge in [0, 0.05) is 6.54 Å². The number of anilines is 1. The highest BCUT2D eigenvalue weighted by Crippen LogP contribution is 2.20. The SMILES string of the molecule is Nc1ccccc1OCCC(=O)N(CCO)CC(F)(F)F. The van der Waals surface area contributed by atoms with E-state index in [4.69, 9.17) is 15.6 Å². The first-order chi connectivity index (χ1) is 9.83. The number of carbonyl (C=O) groups excluding carboxylic acids is 1. The number of aliphatic hydroxyl groups excluding tert-OH is 1. The molecular formula is C13H17F3N2O3. The van der Waals surface area contributed by atoms with Crippen molar-refractivity contribution < 1.29 is 27.8 Å². The molecule has 0 unspecified atom stereocenters. The highest BCUT2D eigenvalue weighted by molar-refractivity contribution is 5.76. The largest absolute Gasteiger partial charge is 0.491 e. The molecule has 0 aromatic heterocycles. The van der Waals surface area contributed by atoms with Crippen LogP contribution < -0.4 is 10.5 Å². The van der Waals surface area contributed by atoms with Gasteiger partial charge in [0.05, 0.1) is 25.3 Å². The van der Waals surface area contributed by atoms with Gasteiger partial charge >= 0.3 is 6.18 Å². The van der Waals surface area contributed by atoms with Crippen molar-refractivity contribution in [3.05, 3.63) is 24.3 Å². The molecule has 1 aromatic carbocycles. The number of nitrogens with two attached hydrogens (primary N) is 1.